The van der Waals surface area contributed by atoms with E-state index in [0.717, 1.165) is 6.42 Å². The summed E-state index contributed by atoms with van der Waals surface area (Å²) in [4.78, 5) is 28.1. The Morgan fingerprint density at radius 1 is 1.06 bits per heavy atom. The number of rotatable bonds is 3. The normalized spacial score (nSPS) is 48.8. The standard InChI is InChI=1S/C28H38O6/c1-15-14-28(34-23(31)16-10-8-7-9-11-16)19(20(15)29)21(30)26(4)13-12-17-18(25(17,2)3)22(33-6)27(26,5)24(28)32/h7-11,15,17-22,29-30H,12-14H2,1-6H3/t15-,17-,18-,19+,20-,21+,22+,26-,27+,28+/m0/s1. The number of ether oxygens (including phenoxy) is 2. The molecule has 0 unspecified atom stereocenters. The molecule has 4 fully saturated rings. The lowest BCUT2D eigenvalue weighted by Crippen LogP contribution is -2.73. The minimum Gasteiger partial charge on any atom is -0.447 e. The van der Waals surface area contributed by atoms with Gasteiger partial charge in [0.05, 0.1) is 35.2 Å². The van der Waals surface area contributed by atoms with Gasteiger partial charge in [-0.1, -0.05) is 45.9 Å². The van der Waals surface area contributed by atoms with Crippen molar-refractivity contribution in [3.63, 3.8) is 0 Å². The Labute approximate surface area is 202 Å². The first-order valence-corrected chi connectivity index (χ1v) is 12.6. The van der Waals surface area contributed by atoms with Crippen LogP contribution < -0.4 is 0 Å². The molecule has 0 amide bonds. The van der Waals surface area contributed by atoms with Crippen molar-refractivity contribution < 1.29 is 29.3 Å². The molecule has 1 aromatic carbocycles. The van der Waals surface area contributed by atoms with Crippen molar-refractivity contribution in [1.29, 1.82) is 0 Å². The van der Waals surface area contributed by atoms with E-state index < -0.39 is 46.6 Å². The molecule has 1 aromatic rings. The predicted molar refractivity (Wildman–Crippen MR) is 126 cm³/mol. The van der Waals surface area contributed by atoms with E-state index in [1.54, 1.807) is 31.4 Å². The Bertz CT molecular complexity index is 1010. The zero-order valence-electron chi connectivity index (χ0n) is 21.1. The van der Waals surface area contributed by atoms with Gasteiger partial charge in [0.15, 0.2) is 11.4 Å². The van der Waals surface area contributed by atoms with Crippen LogP contribution in [-0.2, 0) is 14.3 Å². The van der Waals surface area contributed by atoms with Gasteiger partial charge in [0.25, 0.3) is 0 Å². The second-order valence-corrected chi connectivity index (χ2v) is 12.4. The van der Waals surface area contributed by atoms with E-state index in [4.69, 9.17) is 9.47 Å². The summed E-state index contributed by atoms with van der Waals surface area (Å²) in [6.45, 7) is 10.2. The minimum absolute atomic E-state index is 0.0451. The van der Waals surface area contributed by atoms with E-state index >= 15 is 0 Å². The minimum atomic E-state index is -1.60. The Morgan fingerprint density at radius 2 is 1.71 bits per heavy atom. The molecule has 0 aromatic heterocycles. The van der Waals surface area contributed by atoms with E-state index in [9.17, 15) is 19.8 Å². The van der Waals surface area contributed by atoms with Crippen LogP contribution in [0.15, 0.2) is 30.3 Å². The molecule has 34 heavy (non-hydrogen) atoms. The number of aliphatic hydroxyl groups excluding tert-OH is 2. The highest BCUT2D eigenvalue weighted by Gasteiger charge is 2.80. The second-order valence-electron chi connectivity index (χ2n) is 12.4. The van der Waals surface area contributed by atoms with Crippen LogP contribution in [0, 0.1) is 39.9 Å². The molecule has 0 bridgehead atoms. The average Bonchev–Trinajstić information content (AvgIpc) is 3.28. The van der Waals surface area contributed by atoms with E-state index in [-0.39, 0.29) is 29.5 Å². The molecule has 5 rings (SSSR count). The van der Waals surface area contributed by atoms with Crippen molar-refractivity contribution >= 4 is 11.8 Å². The number of esters is 1. The Kier molecular flexibility index (Phi) is 5.20. The maximum atomic E-state index is 14.8. The summed E-state index contributed by atoms with van der Waals surface area (Å²) < 4.78 is 12.3. The van der Waals surface area contributed by atoms with E-state index in [1.807, 2.05) is 26.8 Å². The second kappa shape index (κ2) is 7.37. The number of aliphatic hydroxyl groups is 2. The van der Waals surface area contributed by atoms with Gasteiger partial charge >= 0.3 is 5.97 Å². The SMILES string of the molecule is CO[C@@H]1[C@@H]2[C@H](CC[C@@]3(C)[C@H](O)[C@H]4[C@@H](O)[C@@H](C)C[C@]4(OC(=O)c4ccccc4)C(=O)[C@@]13C)C2(C)C. The van der Waals surface area contributed by atoms with E-state index in [1.165, 1.54) is 0 Å². The molecule has 186 valence electrons. The largest absolute Gasteiger partial charge is 0.447 e. The number of methoxy groups -OCH3 is 1. The van der Waals surface area contributed by atoms with Crippen LogP contribution in [0.3, 0.4) is 0 Å². The van der Waals surface area contributed by atoms with Gasteiger partial charge in [0.2, 0.25) is 0 Å². The van der Waals surface area contributed by atoms with E-state index in [0.29, 0.717) is 17.9 Å². The molecular formula is C28H38O6. The average molecular weight is 471 g/mol. The smallest absolute Gasteiger partial charge is 0.339 e. The van der Waals surface area contributed by atoms with Crippen LogP contribution in [0.1, 0.15) is 64.2 Å². The van der Waals surface area contributed by atoms with Crippen molar-refractivity contribution in [3.05, 3.63) is 35.9 Å². The first-order chi connectivity index (χ1) is 15.9. The van der Waals surface area contributed by atoms with Crippen molar-refractivity contribution in [3.8, 4) is 0 Å². The third-order valence-corrected chi connectivity index (χ3v) is 10.7. The molecule has 6 nitrogen and oxygen atoms in total. The van der Waals surface area contributed by atoms with Gasteiger partial charge < -0.3 is 19.7 Å². The Balaban J connectivity index is 1.66. The maximum absolute atomic E-state index is 14.8. The topological polar surface area (TPSA) is 93.1 Å². The number of carbonyl (C=O) groups excluding carboxylic acids is 2. The first-order valence-electron chi connectivity index (χ1n) is 12.6. The Hall–Kier alpha value is -1.76. The number of hydrogen-bond acceptors (Lipinski definition) is 6. The molecular weight excluding hydrogens is 432 g/mol. The van der Waals surface area contributed by atoms with E-state index in [2.05, 4.69) is 13.8 Å². The number of carbonyl (C=O) groups is 2. The molecule has 0 heterocycles. The summed E-state index contributed by atoms with van der Waals surface area (Å²) in [5, 5.41) is 23.2. The lowest BCUT2D eigenvalue weighted by Gasteiger charge is -2.60. The highest BCUT2D eigenvalue weighted by Crippen LogP contribution is 2.73. The fourth-order valence-electron chi connectivity index (χ4n) is 8.41. The lowest BCUT2D eigenvalue weighted by molar-refractivity contribution is -0.231. The molecule has 0 saturated heterocycles. The van der Waals surface area contributed by atoms with Crippen LogP contribution in [0.5, 0.6) is 0 Å². The van der Waals surface area contributed by atoms with Crippen molar-refractivity contribution in [2.45, 2.75) is 77.8 Å². The summed E-state index contributed by atoms with van der Waals surface area (Å²) in [5.74, 6) is -1.40. The van der Waals surface area contributed by atoms with Gasteiger partial charge in [-0.25, -0.2) is 4.79 Å². The monoisotopic (exact) mass is 470 g/mol. The van der Waals surface area contributed by atoms with Gasteiger partial charge in [-0.05, 0) is 61.5 Å². The zero-order chi connectivity index (χ0) is 24.8. The summed E-state index contributed by atoms with van der Waals surface area (Å²) in [6, 6.07) is 8.60. The van der Waals surface area contributed by atoms with Gasteiger partial charge in [-0.15, -0.1) is 0 Å². The number of hydrogen-bond donors (Lipinski definition) is 2. The van der Waals surface area contributed by atoms with Crippen LogP contribution in [0.4, 0.5) is 0 Å². The number of fused-ring (bicyclic) bond motifs is 3. The molecule has 2 N–H and O–H groups in total. The highest BCUT2D eigenvalue weighted by atomic mass is 16.6. The lowest BCUT2D eigenvalue weighted by atomic mass is 9.46. The summed E-state index contributed by atoms with van der Waals surface area (Å²) in [6.07, 6.45) is -0.642. The molecule has 0 aliphatic heterocycles. The van der Waals surface area contributed by atoms with Gasteiger partial charge in [-0.2, -0.15) is 0 Å². The van der Waals surface area contributed by atoms with Crippen molar-refractivity contribution in [1.82, 2.24) is 0 Å². The van der Waals surface area contributed by atoms with Crippen LogP contribution in [0.25, 0.3) is 0 Å². The third kappa shape index (κ3) is 2.73. The number of Topliss-reactive ketones (excluding diaryl/α,β-unsaturated/α-hetero) is 1. The fourth-order valence-corrected chi connectivity index (χ4v) is 8.41. The first kappa shape index (κ1) is 24.0. The van der Waals surface area contributed by atoms with Crippen molar-refractivity contribution in [2.24, 2.45) is 39.9 Å². The van der Waals surface area contributed by atoms with Crippen LogP contribution >= 0.6 is 0 Å². The number of ketones is 1. The van der Waals surface area contributed by atoms with Crippen molar-refractivity contribution in [2.75, 3.05) is 7.11 Å². The molecule has 0 radical (unpaired) electrons. The fraction of sp³-hybridized carbons (Fsp3) is 0.714. The maximum Gasteiger partial charge on any atom is 0.339 e. The molecule has 10 atom stereocenters. The Morgan fingerprint density at radius 3 is 2.32 bits per heavy atom. The number of benzene rings is 1. The van der Waals surface area contributed by atoms with Gasteiger partial charge in [0.1, 0.15) is 0 Å². The molecule has 0 spiro atoms. The zero-order valence-corrected chi connectivity index (χ0v) is 21.1. The molecule has 4 saturated carbocycles. The van der Waals surface area contributed by atoms with Gasteiger partial charge in [0, 0.05) is 12.5 Å². The predicted octanol–water partition coefficient (Wildman–Crippen LogP) is 3.64. The van der Waals surface area contributed by atoms with Crippen LogP contribution in [0.2, 0.25) is 0 Å². The molecule has 4 aliphatic rings. The third-order valence-electron chi connectivity index (χ3n) is 10.7. The van der Waals surface area contributed by atoms with Gasteiger partial charge in [-0.3, -0.25) is 4.79 Å². The van der Waals surface area contributed by atoms with Crippen LogP contribution in [-0.4, -0.2) is 53.0 Å². The summed E-state index contributed by atoms with van der Waals surface area (Å²) >= 11 is 0. The molecule has 4 aliphatic carbocycles. The highest BCUT2D eigenvalue weighted by molar-refractivity contribution is 6.00. The molecule has 6 heteroatoms. The summed E-state index contributed by atoms with van der Waals surface area (Å²) in [5.41, 5.74) is -3.10. The summed E-state index contributed by atoms with van der Waals surface area (Å²) in [7, 11) is 1.65. The quantitative estimate of drug-likeness (QED) is 0.656.